The Kier molecular flexibility index (Phi) is 5.26. The second-order valence-corrected chi connectivity index (χ2v) is 5.15. The van der Waals surface area contributed by atoms with Crippen LogP contribution in [0.3, 0.4) is 0 Å². The van der Waals surface area contributed by atoms with Gasteiger partial charge in [-0.3, -0.25) is 4.79 Å². The number of unbranched alkanes of at least 4 members (excludes halogenated alkanes) is 1. The van der Waals surface area contributed by atoms with Gasteiger partial charge in [0.15, 0.2) is 0 Å². The molecule has 0 aliphatic carbocycles. The second-order valence-electron chi connectivity index (χ2n) is 2.94. The lowest BCUT2D eigenvalue weighted by Gasteiger charge is -2.06. The van der Waals surface area contributed by atoms with Gasteiger partial charge in [0, 0.05) is 17.2 Å². The van der Waals surface area contributed by atoms with Crippen LogP contribution >= 0.6 is 44.5 Å². The van der Waals surface area contributed by atoms with Crippen molar-refractivity contribution < 1.29 is 0 Å². The number of pyridine rings is 1. The summed E-state index contributed by atoms with van der Waals surface area (Å²) in [6.07, 6.45) is 3.82. The molecule has 0 N–H and O–H groups in total. The Morgan fingerprint density at radius 1 is 1.36 bits per heavy atom. The highest BCUT2D eigenvalue weighted by molar-refractivity contribution is 9.11. The van der Waals surface area contributed by atoms with Crippen LogP contribution in [0.1, 0.15) is 12.8 Å². The topological polar surface area (TPSA) is 22.0 Å². The molecule has 2 nitrogen and oxygen atoms in total. The van der Waals surface area contributed by atoms with E-state index in [1.807, 2.05) is 6.20 Å². The maximum absolute atomic E-state index is 11.6. The van der Waals surface area contributed by atoms with Crippen LogP contribution < -0.4 is 5.56 Å². The molecule has 0 bridgehead atoms. The summed E-state index contributed by atoms with van der Waals surface area (Å²) >= 11 is 10.7. The first-order valence-electron chi connectivity index (χ1n) is 4.31. The number of nitrogens with zero attached hydrogens (tertiary/aromatic N) is 1. The van der Waals surface area contributed by atoms with Crippen molar-refractivity contribution >= 4 is 44.5 Å². The minimum absolute atomic E-state index is 0.0207. The van der Waals surface area contributed by atoms with Crippen LogP contribution in [0.25, 0.3) is 0 Å². The summed E-state index contributed by atoms with van der Waals surface area (Å²) in [6, 6.07) is 1.76. The maximum atomic E-state index is 11.6. The third-order valence-electron chi connectivity index (χ3n) is 1.82. The number of hydrogen-bond acceptors (Lipinski definition) is 2. The van der Waals surface area contributed by atoms with Crippen LogP contribution in [0, 0.1) is 0 Å². The van der Waals surface area contributed by atoms with Crippen molar-refractivity contribution in [3.63, 3.8) is 0 Å². The van der Waals surface area contributed by atoms with Crippen LogP contribution in [-0.2, 0) is 6.54 Å². The zero-order chi connectivity index (χ0) is 10.6. The molecule has 0 radical (unpaired) electrons. The van der Waals surface area contributed by atoms with Crippen molar-refractivity contribution in [2.75, 3.05) is 5.75 Å². The molecular weight excluding hydrogens is 330 g/mol. The first-order valence-corrected chi connectivity index (χ1v) is 6.53. The molecule has 0 aliphatic heterocycles. The molecule has 1 aromatic heterocycles. The average molecular weight is 341 g/mol. The van der Waals surface area contributed by atoms with E-state index >= 15 is 0 Å². The van der Waals surface area contributed by atoms with Gasteiger partial charge in [-0.2, -0.15) is 12.6 Å². The lowest BCUT2D eigenvalue weighted by Crippen LogP contribution is -2.20. The Hall–Kier alpha value is 0.260. The second kappa shape index (κ2) is 5.98. The number of hydrogen-bond donors (Lipinski definition) is 1. The molecule has 0 atom stereocenters. The Bertz CT molecular complexity index is 364. The molecule has 1 rings (SSSR count). The predicted molar refractivity (Wildman–Crippen MR) is 69.2 cm³/mol. The van der Waals surface area contributed by atoms with E-state index < -0.39 is 0 Å². The van der Waals surface area contributed by atoms with Gasteiger partial charge in [0.25, 0.3) is 5.56 Å². The van der Waals surface area contributed by atoms with Crippen molar-refractivity contribution in [1.29, 1.82) is 0 Å². The number of rotatable bonds is 4. The average Bonchev–Trinajstić information content (AvgIpc) is 2.13. The van der Waals surface area contributed by atoms with E-state index in [0.29, 0.717) is 4.47 Å². The van der Waals surface area contributed by atoms with Gasteiger partial charge in [-0.05, 0) is 56.5 Å². The molecule has 0 saturated carbocycles. The van der Waals surface area contributed by atoms with Crippen molar-refractivity contribution in [1.82, 2.24) is 4.57 Å². The largest absolute Gasteiger partial charge is 0.313 e. The highest BCUT2D eigenvalue weighted by Crippen LogP contribution is 2.13. The summed E-state index contributed by atoms with van der Waals surface area (Å²) in [5.41, 5.74) is 0.0207. The lowest BCUT2D eigenvalue weighted by molar-refractivity contribution is 0.613. The van der Waals surface area contributed by atoms with E-state index in [4.69, 9.17) is 0 Å². The number of aromatic nitrogens is 1. The van der Waals surface area contributed by atoms with Crippen LogP contribution in [0.4, 0.5) is 0 Å². The molecule has 0 unspecified atom stereocenters. The summed E-state index contributed by atoms with van der Waals surface area (Å²) < 4.78 is 3.21. The predicted octanol–water partition coefficient (Wildman–Crippen LogP) is 3.08. The fourth-order valence-electron chi connectivity index (χ4n) is 1.12. The third-order valence-corrected chi connectivity index (χ3v) is 3.13. The first kappa shape index (κ1) is 12.3. The molecule has 0 saturated heterocycles. The normalized spacial score (nSPS) is 10.5. The number of halogens is 2. The maximum Gasteiger partial charge on any atom is 0.264 e. The minimum atomic E-state index is 0.0207. The van der Waals surface area contributed by atoms with Crippen molar-refractivity contribution in [2.24, 2.45) is 0 Å². The van der Waals surface area contributed by atoms with Crippen molar-refractivity contribution in [3.05, 3.63) is 31.6 Å². The highest BCUT2D eigenvalue weighted by atomic mass is 79.9. The molecule has 0 spiro atoms. The van der Waals surface area contributed by atoms with Gasteiger partial charge in [0.1, 0.15) is 0 Å². The van der Waals surface area contributed by atoms with Gasteiger partial charge in [0.05, 0.1) is 4.47 Å². The fourth-order valence-corrected chi connectivity index (χ4v) is 2.61. The zero-order valence-corrected chi connectivity index (χ0v) is 11.6. The Morgan fingerprint density at radius 3 is 2.71 bits per heavy atom. The molecule has 1 heterocycles. The number of thiol groups is 1. The van der Waals surface area contributed by atoms with E-state index in [0.717, 1.165) is 29.6 Å². The summed E-state index contributed by atoms with van der Waals surface area (Å²) in [6.45, 7) is 0.747. The standard InChI is InChI=1S/C9H11Br2NOS/c10-7-5-8(11)9(13)12(6-7)3-1-2-4-14/h5-6,14H,1-4H2. The Balaban J connectivity index is 2.81. The van der Waals surface area contributed by atoms with E-state index in [-0.39, 0.29) is 5.56 Å². The van der Waals surface area contributed by atoms with Gasteiger partial charge in [-0.15, -0.1) is 0 Å². The highest BCUT2D eigenvalue weighted by Gasteiger charge is 2.02. The van der Waals surface area contributed by atoms with Crippen molar-refractivity contribution in [2.45, 2.75) is 19.4 Å². The van der Waals surface area contributed by atoms with Gasteiger partial charge in [-0.1, -0.05) is 0 Å². The molecule has 0 fully saturated rings. The molecule has 78 valence electrons. The van der Waals surface area contributed by atoms with Crippen LogP contribution in [0.5, 0.6) is 0 Å². The molecule has 0 aromatic carbocycles. The Labute approximate surface area is 105 Å². The molecule has 5 heteroatoms. The van der Waals surface area contributed by atoms with E-state index in [1.54, 1.807) is 10.6 Å². The summed E-state index contributed by atoms with van der Waals surface area (Å²) in [4.78, 5) is 11.6. The monoisotopic (exact) mass is 339 g/mol. The third kappa shape index (κ3) is 3.44. The van der Waals surface area contributed by atoms with Crippen LogP contribution in [-0.4, -0.2) is 10.3 Å². The molecule has 14 heavy (non-hydrogen) atoms. The molecular formula is C9H11Br2NOS. The Morgan fingerprint density at radius 2 is 2.07 bits per heavy atom. The molecule has 1 aromatic rings. The van der Waals surface area contributed by atoms with E-state index in [9.17, 15) is 4.79 Å². The quantitative estimate of drug-likeness (QED) is 0.660. The minimum Gasteiger partial charge on any atom is -0.313 e. The van der Waals surface area contributed by atoms with Crippen LogP contribution in [0.2, 0.25) is 0 Å². The van der Waals surface area contributed by atoms with Gasteiger partial charge in [0.2, 0.25) is 0 Å². The van der Waals surface area contributed by atoms with Gasteiger partial charge in [-0.25, -0.2) is 0 Å². The lowest BCUT2D eigenvalue weighted by atomic mass is 10.3. The first-order chi connectivity index (χ1) is 6.65. The molecule has 0 aliphatic rings. The van der Waals surface area contributed by atoms with Gasteiger partial charge < -0.3 is 4.57 Å². The van der Waals surface area contributed by atoms with E-state index in [2.05, 4.69) is 44.5 Å². The SMILES string of the molecule is O=c1c(Br)cc(Br)cn1CCCCS. The number of aryl methyl sites for hydroxylation is 1. The van der Waals surface area contributed by atoms with Crippen molar-refractivity contribution in [3.8, 4) is 0 Å². The van der Waals surface area contributed by atoms with Gasteiger partial charge >= 0.3 is 0 Å². The fraction of sp³-hybridized carbons (Fsp3) is 0.444. The summed E-state index contributed by atoms with van der Waals surface area (Å²) in [7, 11) is 0. The molecule has 0 amide bonds. The van der Waals surface area contributed by atoms with E-state index in [1.165, 1.54) is 0 Å². The summed E-state index contributed by atoms with van der Waals surface area (Å²) in [5.74, 6) is 0.865. The summed E-state index contributed by atoms with van der Waals surface area (Å²) in [5, 5.41) is 0. The zero-order valence-electron chi connectivity index (χ0n) is 7.54. The smallest absolute Gasteiger partial charge is 0.264 e. The van der Waals surface area contributed by atoms with Crippen LogP contribution in [0.15, 0.2) is 26.0 Å².